The number of rotatable bonds is 5. The summed E-state index contributed by atoms with van der Waals surface area (Å²) in [5, 5.41) is 7.18. The summed E-state index contributed by atoms with van der Waals surface area (Å²) in [7, 11) is 0. The number of nitrogens with one attached hydrogen (secondary N) is 1. The van der Waals surface area contributed by atoms with Crippen LogP contribution in [-0.4, -0.2) is 45.1 Å². The van der Waals surface area contributed by atoms with Crippen molar-refractivity contribution in [1.82, 2.24) is 20.0 Å². The van der Waals surface area contributed by atoms with Gasteiger partial charge in [0.1, 0.15) is 17.2 Å². The van der Waals surface area contributed by atoms with Crippen molar-refractivity contribution in [3.63, 3.8) is 0 Å². The number of amides is 1. The molecule has 1 amide bonds. The van der Waals surface area contributed by atoms with E-state index in [2.05, 4.69) is 15.5 Å². The van der Waals surface area contributed by atoms with Crippen LogP contribution in [0, 0.1) is 18.6 Å². The summed E-state index contributed by atoms with van der Waals surface area (Å²) in [5.74, 6) is -1.20. The highest BCUT2D eigenvalue weighted by Gasteiger charge is 2.30. The van der Waals surface area contributed by atoms with Crippen LogP contribution in [0.2, 0.25) is 0 Å². The predicted octanol–water partition coefficient (Wildman–Crippen LogP) is 4.56. The van der Waals surface area contributed by atoms with Crippen LogP contribution in [0.15, 0.2) is 35.0 Å². The van der Waals surface area contributed by atoms with E-state index in [1.807, 2.05) is 26.8 Å². The minimum atomic E-state index is -0.847. The molecular weight excluding hydrogens is 416 g/mol. The summed E-state index contributed by atoms with van der Waals surface area (Å²) in [6.07, 6.45) is 2.92. The molecule has 1 aliphatic heterocycles. The Morgan fingerprint density at radius 3 is 2.50 bits per heavy atom. The first kappa shape index (κ1) is 21.9. The van der Waals surface area contributed by atoms with Crippen molar-refractivity contribution >= 4 is 11.9 Å². The van der Waals surface area contributed by atoms with E-state index < -0.39 is 23.1 Å². The normalized spacial score (nSPS) is 14.8. The van der Waals surface area contributed by atoms with Crippen LogP contribution in [0.5, 0.6) is 0 Å². The van der Waals surface area contributed by atoms with Gasteiger partial charge in [-0.15, -0.1) is 0 Å². The van der Waals surface area contributed by atoms with Gasteiger partial charge in [0.2, 0.25) is 5.95 Å². The summed E-state index contributed by atoms with van der Waals surface area (Å²) in [5.41, 5.74) is 1.81. The Morgan fingerprint density at radius 1 is 1.22 bits per heavy atom. The molecule has 168 valence electrons. The summed E-state index contributed by atoms with van der Waals surface area (Å²) in [6.45, 7) is 6.58. The number of benzene rings is 1. The average molecular weight is 441 g/mol. The Labute approximate surface area is 184 Å². The number of aryl methyl sites for hydroxylation is 1. The zero-order valence-corrected chi connectivity index (χ0v) is 18.2. The van der Waals surface area contributed by atoms with Crippen LogP contribution in [0.1, 0.15) is 54.4 Å². The molecule has 1 aliphatic rings. The van der Waals surface area contributed by atoms with E-state index in [0.29, 0.717) is 37.6 Å². The first-order valence-corrected chi connectivity index (χ1v) is 10.6. The monoisotopic (exact) mass is 441 g/mol. The summed E-state index contributed by atoms with van der Waals surface area (Å²) >= 11 is 0. The van der Waals surface area contributed by atoms with Gasteiger partial charge in [0.15, 0.2) is 5.76 Å². The summed E-state index contributed by atoms with van der Waals surface area (Å²) < 4.78 is 33.6. The zero-order valence-electron chi connectivity index (χ0n) is 18.2. The molecule has 0 atom stereocenters. The van der Waals surface area contributed by atoms with Crippen molar-refractivity contribution in [1.29, 1.82) is 0 Å². The van der Waals surface area contributed by atoms with Gasteiger partial charge in [0.25, 0.3) is 5.91 Å². The van der Waals surface area contributed by atoms with Crippen molar-refractivity contribution in [2.24, 2.45) is 0 Å². The van der Waals surface area contributed by atoms with Crippen LogP contribution < -0.4 is 5.32 Å². The first-order valence-electron chi connectivity index (χ1n) is 10.6. The first-order chi connectivity index (χ1) is 15.3. The maximum atomic E-state index is 14.1. The zero-order chi connectivity index (χ0) is 22.8. The van der Waals surface area contributed by atoms with E-state index in [4.69, 9.17) is 9.51 Å². The van der Waals surface area contributed by atoms with E-state index in [9.17, 15) is 13.6 Å². The second-order valence-corrected chi connectivity index (χ2v) is 8.29. The molecule has 1 fully saturated rings. The van der Waals surface area contributed by atoms with Gasteiger partial charge in [-0.3, -0.25) is 4.79 Å². The quantitative estimate of drug-likeness (QED) is 0.625. The fourth-order valence-electron chi connectivity index (χ4n) is 3.93. The third-order valence-electron chi connectivity index (χ3n) is 5.47. The molecule has 0 saturated carbocycles. The Balaban J connectivity index is 1.57. The third kappa shape index (κ3) is 4.46. The smallest absolute Gasteiger partial charge is 0.259 e. The van der Waals surface area contributed by atoms with Crippen molar-refractivity contribution < 1.29 is 18.1 Å². The van der Waals surface area contributed by atoms with Gasteiger partial charge in [-0.05, 0) is 45.7 Å². The lowest BCUT2D eigenvalue weighted by molar-refractivity contribution is 0.0702. The van der Waals surface area contributed by atoms with Crippen LogP contribution in [0.25, 0.3) is 11.3 Å². The maximum Gasteiger partial charge on any atom is 0.259 e. The van der Waals surface area contributed by atoms with Gasteiger partial charge in [-0.25, -0.2) is 18.7 Å². The molecule has 3 aromatic rings. The van der Waals surface area contributed by atoms with Crippen LogP contribution in [0.3, 0.4) is 0 Å². The topological polar surface area (TPSA) is 84.2 Å². The van der Waals surface area contributed by atoms with Crippen LogP contribution in [-0.2, 0) is 0 Å². The Kier molecular flexibility index (Phi) is 6.16. The average Bonchev–Trinajstić information content (AvgIpc) is 3.19. The molecule has 1 saturated heterocycles. The van der Waals surface area contributed by atoms with Gasteiger partial charge in [0.05, 0.1) is 17.0 Å². The molecular formula is C23H25F2N5O2. The fraction of sp³-hybridized carbons (Fsp3) is 0.391. The largest absolute Gasteiger partial charge is 0.356 e. The predicted molar refractivity (Wildman–Crippen MR) is 115 cm³/mol. The molecule has 1 N–H and O–H groups in total. The highest BCUT2D eigenvalue weighted by Crippen LogP contribution is 2.35. The molecule has 0 bridgehead atoms. The summed E-state index contributed by atoms with van der Waals surface area (Å²) in [6, 6.07) is 5.43. The molecule has 0 radical (unpaired) electrons. The van der Waals surface area contributed by atoms with Gasteiger partial charge < -0.3 is 14.7 Å². The van der Waals surface area contributed by atoms with Crippen molar-refractivity contribution in [3.8, 4) is 11.3 Å². The number of halogens is 2. The number of hydrogen-bond donors (Lipinski definition) is 1. The number of aromatic nitrogens is 3. The molecule has 4 rings (SSSR count). The molecule has 0 aliphatic carbocycles. The summed E-state index contributed by atoms with van der Waals surface area (Å²) in [4.78, 5) is 23.4. The number of piperidine rings is 1. The molecule has 9 heteroatoms. The highest BCUT2D eigenvalue weighted by molar-refractivity contribution is 5.94. The molecule has 0 unspecified atom stereocenters. The SMILES string of the molecule is Cc1cc(-c2cnc(NC(C)C)nc2C2CCN(C(=O)c3c(F)cccc3F)CC2)on1. The van der Waals surface area contributed by atoms with Crippen molar-refractivity contribution in [2.75, 3.05) is 18.4 Å². The minimum absolute atomic E-state index is 0.0284. The van der Waals surface area contributed by atoms with E-state index in [0.717, 1.165) is 29.1 Å². The fourth-order valence-corrected chi connectivity index (χ4v) is 3.93. The van der Waals surface area contributed by atoms with Gasteiger partial charge in [-0.2, -0.15) is 0 Å². The second kappa shape index (κ2) is 9.02. The minimum Gasteiger partial charge on any atom is -0.356 e. The highest BCUT2D eigenvalue weighted by atomic mass is 19.1. The molecule has 7 nitrogen and oxygen atoms in total. The van der Waals surface area contributed by atoms with Crippen LogP contribution >= 0.6 is 0 Å². The van der Waals surface area contributed by atoms with Gasteiger partial charge in [0, 0.05) is 37.3 Å². The lowest BCUT2D eigenvalue weighted by Crippen LogP contribution is -2.39. The molecule has 1 aromatic carbocycles. The Bertz CT molecular complexity index is 1100. The lowest BCUT2D eigenvalue weighted by atomic mass is 9.90. The van der Waals surface area contributed by atoms with Gasteiger partial charge >= 0.3 is 0 Å². The number of carbonyl (C=O) groups is 1. The number of nitrogens with zero attached hydrogens (tertiary/aromatic N) is 4. The number of carbonyl (C=O) groups excluding carboxylic acids is 1. The maximum absolute atomic E-state index is 14.1. The van der Waals surface area contributed by atoms with E-state index in [1.165, 1.54) is 11.0 Å². The Morgan fingerprint density at radius 2 is 1.91 bits per heavy atom. The lowest BCUT2D eigenvalue weighted by Gasteiger charge is -2.32. The van der Waals surface area contributed by atoms with Gasteiger partial charge in [-0.1, -0.05) is 11.2 Å². The van der Waals surface area contributed by atoms with Crippen molar-refractivity contribution in [2.45, 2.75) is 45.6 Å². The van der Waals surface area contributed by atoms with E-state index in [1.54, 1.807) is 6.20 Å². The third-order valence-corrected chi connectivity index (χ3v) is 5.47. The molecule has 3 heterocycles. The van der Waals surface area contributed by atoms with E-state index >= 15 is 0 Å². The van der Waals surface area contributed by atoms with Crippen molar-refractivity contribution in [3.05, 3.63) is 59.0 Å². The van der Waals surface area contributed by atoms with E-state index in [-0.39, 0.29) is 12.0 Å². The van der Waals surface area contributed by atoms with Crippen LogP contribution in [0.4, 0.5) is 14.7 Å². The number of hydrogen-bond acceptors (Lipinski definition) is 6. The molecule has 0 spiro atoms. The molecule has 2 aromatic heterocycles. The number of anilines is 1. The Hall–Kier alpha value is -3.36. The second-order valence-electron chi connectivity index (χ2n) is 8.29. The molecule has 32 heavy (non-hydrogen) atoms. The standard InChI is InChI=1S/C23H25F2N5O2/c1-13(2)27-23-26-12-16(19-11-14(3)29-32-19)21(28-23)15-7-9-30(10-8-15)22(31)20-17(24)5-4-6-18(20)25/h4-6,11-13,15H,7-10H2,1-3H3,(H,26,27,28). The number of likely N-dealkylation sites (tertiary alicyclic amines) is 1.